The molecule has 0 saturated carbocycles. The fourth-order valence-electron chi connectivity index (χ4n) is 3.90. The molecule has 1 saturated heterocycles. The van der Waals surface area contributed by atoms with Crippen LogP contribution in [-0.4, -0.2) is 53.0 Å². The number of ether oxygens (including phenoxy) is 2. The van der Waals surface area contributed by atoms with Gasteiger partial charge in [-0.05, 0) is 68.8 Å². The standard InChI is InChI=1S/C24H27N3O3/c1-16-6-5-7-20(12-16)27-23(24(28)26-14-17(2)30-18(3)15-26)13-22(25-27)19-8-10-21(29-4)11-9-19/h5-13,17-18H,14-15H2,1-4H3/t17-,18-/m0/s1. The highest BCUT2D eigenvalue weighted by atomic mass is 16.5. The molecule has 1 fully saturated rings. The monoisotopic (exact) mass is 405 g/mol. The number of nitrogens with zero attached hydrogens (tertiary/aromatic N) is 3. The maximum atomic E-state index is 13.5. The number of rotatable bonds is 4. The highest BCUT2D eigenvalue weighted by molar-refractivity contribution is 5.94. The van der Waals surface area contributed by atoms with Gasteiger partial charge in [-0.25, -0.2) is 4.68 Å². The van der Waals surface area contributed by atoms with Crippen molar-refractivity contribution < 1.29 is 14.3 Å². The zero-order valence-electron chi connectivity index (χ0n) is 17.8. The molecule has 0 N–H and O–H groups in total. The van der Waals surface area contributed by atoms with E-state index >= 15 is 0 Å². The van der Waals surface area contributed by atoms with Gasteiger partial charge in [-0.1, -0.05) is 12.1 Å². The summed E-state index contributed by atoms with van der Waals surface area (Å²) in [5, 5.41) is 4.80. The summed E-state index contributed by atoms with van der Waals surface area (Å²) in [6.07, 6.45) is 0.0169. The van der Waals surface area contributed by atoms with Crippen LogP contribution in [0.3, 0.4) is 0 Å². The molecule has 2 heterocycles. The van der Waals surface area contributed by atoms with Crippen LogP contribution < -0.4 is 4.74 Å². The Kier molecular flexibility index (Phi) is 5.59. The lowest BCUT2D eigenvalue weighted by Crippen LogP contribution is -2.48. The maximum Gasteiger partial charge on any atom is 0.272 e. The molecule has 0 unspecified atom stereocenters. The van der Waals surface area contributed by atoms with Crippen LogP contribution in [0.5, 0.6) is 5.75 Å². The van der Waals surface area contributed by atoms with Gasteiger partial charge in [0.2, 0.25) is 0 Å². The quantitative estimate of drug-likeness (QED) is 0.656. The van der Waals surface area contributed by atoms with Gasteiger partial charge >= 0.3 is 0 Å². The van der Waals surface area contributed by atoms with Gasteiger partial charge in [0.15, 0.2) is 0 Å². The van der Waals surface area contributed by atoms with Crippen molar-refractivity contribution in [3.05, 3.63) is 65.9 Å². The maximum absolute atomic E-state index is 13.5. The van der Waals surface area contributed by atoms with E-state index in [1.165, 1.54) is 0 Å². The van der Waals surface area contributed by atoms with E-state index < -0.39 is 0 Å². The fourth-order valence-corrected chi connectivity index (χ4v) is 3.90. The summed E-state index contributed by atoms with van der Waals surface area (Å²) in [6.45, 7) is 7.16. The van der Waals surface area contributed by atoms with E-state index in [0.717, 1.165) is 28.3 Å². The number of carbonyl (C=O) groups is 1. The van der Waals surface area contributed by atoms with Crippen LogP contribution in [0.1, 0.15) is 29.9 Å². The Morgan fingerprint density at radius 3 is 2.40 bits per heavy atom. The third-order valence-electron chi connectivity index (χ3n) is 5.27. The van der Waals surface area contributed by atoms with Gasteiger partial charge in [0.1, 0.15) is 11.4 Å². The van der Waals surface area contributed by atoms with Gasteiger partial charge in [-0.3, -0.25) is 4.79 Å². The zero-order chi connectivity index (χ0) is 21.3. The SMILES string of the molecule is COc1ccc(-c2cc(C(=O)N3C[C@H](C)O[C@@H](C)C3)n(-c3cccc(C)c3)n2)cc1. The minimum atomic E-state index is -0.0363. The van der Waals surface area contributed by atoms with Crippen LogP contribution >= 0.6 is 0 Å². The summed E-state index contributed by atoms with van der Waals surface area (Å²) in [5.41, 5.74) is 4.21. The number of aryl methyl sites for hydroxylation is 1. The van der Waals surface area contributed by atoms with Gasteiger partial charge in [0.25, 0.3) is 5.91 Å². The van der Waals surface area contributed by atoms with Crippen molar-refractivity contribution in [3.63, 3.8) is 0 Å². The van der Waals surface area contributed by atoms with Gasteiger partial charge in [0.05, 0.1) is 30.7 Å². The molecule has 30 heavy (non-hydrogen) atoms. The molecule has 0 aliphatic carbocycles. The fraction of sp³-hybridized carbons (Fsp3) is 0.333. The predicted octanol–water partition coefficient (Wildman–Crippen LogP) is 4.11. The van der Waals surface area contributed by atoms with Crippen LogP contribution in [0.25, 0.3) is 16.9 Å². The molecule has 1 amide bonds. The zero-order valence-corrected chi connectivity index (χ0v) is 17.8. The van der Waals surface area contributed by atoms with Crippen molar-refractivity contribution in [2.24, 2.45) is 0 Å². The van der Waals surface area contributed by atoms with E-state index in [4.69, 9.17) is 14.6 Å². The Balaban J connectivity index is 1.77. The molecular formula is C24H27N3O3. The first-order valence-electron chi connectivity index (χ1n) is 10.2. The van der Waals surface area contributed by atoms with Crippen molar-refractivity contribution in [3.8, 4) is 22.7 Å². The van der Waals surface area contributed by atoms with E-state index in [-0.39, 0.29) is 18.1 Å². The summed E-state index contributed by atoms with van der Waals surface area (Å²) in [7, 11) is 1.64. The molecule has 1 aliphatic rings. The first-order chi connectivity index (χ1) is 14.4. The number of carbonyl (C=O) groups excluding carboxylic acids is 1. The number of amides is 1. The molecule has 6 heteroatoms. The van der Waals surface area contributed by atoms with Crippen LogP contribution in [0.15, 0.2) is 54.6 Å². The number of aromatic nitrogens is 2. The van der Waals surface area contributed by atoms with Crippen molar-refractivity contribution in [1.82, 2.24) is 14.7 Å². The second-order valence-corrected chi connectivity index (χ2v) is 7.86. The second kappa shape index (κ2) is 8.32. The Labute approximate surface area is 177 Å². The number of benzene rings is 2. The lowest BCUT2D eigenvalue weighted by molar-refractivity contribution is -0.0588. The van der Waals surface area contributed by atoms with Gasteiger partial charge in [0, 0.05) is 18.7 Å². The average molecular weight is 405 g/mol. The lowest BCUT2D eigenvalue weighted by atomic mass is 10.1. The van der Waals surface area contributed by atoms with Gasteiger partial charge in [-0.2, -0.15) is 5.10 Å². The molecule has 4 rings (SSSR count). The van der Waals surface area contributed by atoms with Crippen LogP contribution in [0.2, 0.25) is 0 Å². The molecule has 0 radical (unpaired) electrons. The third-order valence-corrected chi connectivity index (χ3v) is 5.27. The number of morpholine rings is 1. The van der Waals surface area contributed by atoms with Crippen molar-refractivity contribution in [1.29, 1.82) is 0 Å². The Morgan fingerprint density at radius 1 is 1.07 bits per heavy atom. The average Bonchev–Trinajstić information content (AvgIpc) is 3.18. The van der Waals surface area contributed by atoms with E-state index in [1.807, 2.05) is 80.3 Å². The predicted molar refractivity (Wildman–Crippen MR) is 116 cm³/mol. The summed E-state index contributed by atoms with van der Waals surface area (Å²) in [5.74, 6) is 0.746. The van der Waals surface area contributed by atoms with E-state index in [1.54, 1.807) is 11.8 Å². The molecule has 0 spiro atoms. The first kappa shape index (κ1) is 20.2. The Bertz CT molecular complexity index is 1030. The topological polar surface area (TPSA) is 56.6 Å². The Morgan fingerprint density at radius 2 is 1.77 bits per heavy atom. The van der Waals surface area contributed by atoms with E-state index in [2.05, 4.69) is 0 Å². The van der Waals surface area contributed by atoms with Crippen LogP contribution in [0.4, 0.5) is 0 Å². The molecule has 6 nitrogen and oxygen atoms in total. The number of hydrogen-bond donors (Lipinski definition) is 0. The molecule has 156 valence electrons. The molecule has 1 aromatic heterocycles. The molecule has 2 atom stereocenters. The van der Waals surface area contributed by atoms with E-state index in [9.17, 15) is 4.79 Å². The summed E-state index contributed by atoms with van der Waals surface area (Å²) < 4.78 is 12.8. The minimum absolute atomic E-state index is 0.00843. The van der Waals surface area contributed by atoms with Gasteiger partial charge in [-0.15, -0.1) is 0 Å². The summed E-state index contributed by atoms with van der Waals surface area (Å²) >= 11 is 0. The minimum Gasteiger partial charge on any atom is -0.497 e. The molecule has 1 aliphatic heterocycles. The number of methoxy groups -OCH3 is 1. The molecule has 3 aromatic rings. The second-order valence-electron chi connectivity index (χ2n) is 7.86. The largest absolute Gasteiger partial charge is 0.497 e. The van der Waals surface area contributed by atoms with E-state index in [0.29, 0.717) is 18.8 Å². The van der Waals surface area contributed by atoms with Crippen LogP contribution in [-0.2, 0) is 4.74 Å². The van der Waals surface area contributed by atoms with Crippen molar-refractivity contribution in [2.75, 3.05) is 20.2 Å². The summed E-state index contributed by atoms with van der Waals surface area (Å²) in [6, 6.07) is 17.6. The third kappa shape index (κ3) is 4.09. The van der Waals surface area contributed by atoms with Crippen LogP contribution in [0, 0.1) is 6.92 Å². The molecule has 0 bridgehead atoms. The smallest absolute Gasteiger partial charge is 0.272 e. The lowest BCUT2D eigenvalue weighted by Gasteiger charge is -2.35. The normalized spacial score (nSPS) is 19.0. The van der Waals surface area contributed by atoms with Crippen molar-refractivity contribution in [2.45, 2.75) is 33.0 Å². The molecular weight excluding hydrogens is 378 g/mol. The van der Waals surface area contributed by atoms with Crippen molar-refractivity contribution >= 4 is 5.91 Å². The highest BCUT2D eigenvalue weighted by Crippen LogP contribution is 2.26. The molecule has 2 aromatic carbocycles. The Hall–Kier alpha value is -3.12. The van der Waals surface area contributed by atoms with Gasteiger partial charge < -0.3 is 14.4 Å². The first-order valence-corrected chi connectivity index (χ1v) is 10.2. The number of hydrogen-bond acceptors (Lipinski definition) is 4. The highest BCUT2D eigenvalue weighted by Gasteiger charge is 2.29. The summed E-state index contributed by atoms with van der Waals surface area (Å²) in [4.78, 5) is 15.4.